The molecule has 1 fully saturated rings. The van der Waals surface area contributed by atoms with Gasteiger partial charge in [-0.2, -0.15) is 0 Å². The summed E-state index contributed by atoms with van der Waals surface area (Å²) in [6, 6.07) is 6.28. The van der Waals surface area contributed by atoms with Crippen molar-refractivity contribution < 1.29 is 19.1 Å². The van der Waals surface area contributed by atoms with Crippen molar-refractivity contribution >= 4 is 17.7 Å². The first-order valence-corrected chi connectivity index (χ1v) is 11.3. The molecule has 3 amide bonds. The van der Waals surface area contributed by atoms with Crippen LogP contribution in [0.25, 0.3) is 0 Å². The fraction of sp³-hybridized carbons (Fsp3) is 0.423. The van der Waals surface area contributed by atoms with Crippen LogP contribution in [0.15, 0.2) is 60.7 Å². The Morgan fingerprint density at radius 3 is 2.45 bits per heavy atom. The second kappa shape index (κ2) is 10.5. The number of likely N-dealkylation sites (tertiary alicyclic amines) is 1. The quantitative estimate of drug-likeness (QED) is 0.626. The van der Waals surface area contributed by atoms with Gasteiger partial charge < -0.3 is 19.9 Å². The number of carbonyl (C=O) groups excluding carboxylic acids is 3. The third-order valence-corrected chi connectivity index (χ3v) is 6.31. The van der Waals surface area contributed by atoms with Gasteiger partial charge >= 0.3 is 0 Å². The van der Waals surface area contributed by atoms with Gasteiger partial charge in [-0.15, -0.1) is 0 Å². The molecule has 2 atom stereocenters. The zero-order chi connectivity index (χ0) is 24.1. The molecule has 7 nitrogen and oxygen atoms in total. The molecule has 33 heavy (non-hydrogen) atoms. The maximum absolute atomic E-state index is 13.6. The van der Waals surface area contributed by atoms with E-state index in [0.717, 1.165) is 23.3 Å². The summed E-state index contributed by atoms with van der Waals surface area (Å²) in [6.45, 7) is 12.6. The van der Waals surface area contributed by atoms with Crippen LogP contribution < -0.4 is 10.1 Å². The first kappa shape index (κ1) is 24.3. The number of rotatable bonds is 9. The molecule has 0 spiro atoms. The number of methoxy groups -OCH3 is 1. The SMILES string of the molecule is C=CC1=C(C=C)C(=O)N(C(C(=O)N2CCCC2C(=O)NCc2ccc(OC)cc2)C(C)C)C1. The minimum atomic E-state index is -0.653. The Labute approximate surface area is 195 Å². The number of ether oxygens (including phenoxy) is 1. The molecule has 2 unspecified atom stereocenters. The van der Waals surface area contributed by atoms with E-state index in [1.165, 1.54) is 6.08 Å². The van der Waals surface area contributed by atoms with Crippen molar-refractivity contribution in [3.8, 4) is 5.75 Å². The summed E-state index contributed by atoms with van der Waals surface area (Å²) in [4.78, 5) is 42.8. The highest BCUT2D eigenvalue weighted by Crippen LogP contribution is 2.29. The first-order valence-electron chi connectivity index (χ1n) is 11.3. The Hall–Kier alpha value is -3.35. The van der Waals surface area contributed by atoms with E-state index in [0.29, 0.717) is 31.6 Å². The predicted molar refractivity (Wildman–Crippen MR) is 127 cm³/mol. The third-order valence-electron chi connectivity index (χ3n) is 6.31. The number of carbonyl (C=O) groups is 3. The average Bonchev–Trinajstić information content (AvgIpc) is 3.42. The number of nitrogens with zero attached hydrogens (tertiary/aromatic N) is 2. The standard InChI is InChI=1S/C26H33N3O4/c1-6-19-16-29(25(31)21(19)7-2)23(17(3)4)26(32)28-14-8-9-22(28)24(30)27-15-18-10-12-20(33-5)13-11-18/h6-7,10-13,17,22-23H,1-2,8-9,14-16H2,3-5H3,(H,27,30). The van der Waals surface area contributed by atoms with Crippen LogP contribution in [-0.4, -0.2) is 59.8 Å². The van der Waals surface area contributed by atoms with Gasteiger partial charge in [-0.05, 0) is 42.0 Å². The van der Waals surface area contributed by atoms with E-state index >= 15 is 0 Å². The van der Waals surface area contributed by atoms with Crippen LogP contribution in [-0.2, 0) is 20.9 Å². The van der Waals surface area contributed by atoms with Crippen molar-refractivity contribution in [2.75, 3.05) is 20.2 Å². The molecule has 0 bridgehead atoms. The van der Waals surface area contributed by atoms with Crippen LogP contribution in [0.4, 0.5) is 0 Å². The van der Waals surface area contributed by atoms with Crippen LogP contribution >= 0.6 is 0 Å². The van der Waals surface area contributed by atoms with Crippen LogP contribution in [0.1, 0.15) is 32.3 Å². The smallest absolute Gasteiger partial charge is 0.255 e. The van der Waals surface area contributed by atoms with Crippen LogP contribution in [0.2, 0.25) is 0 Å². The van der Waals surface area contributed by atoms with Crippen molar-refractivity contribution in [1.82, 2.24) is 15.1 Å². The zero-order valence-corrected chi connectivity index (χ0v) is 19.7. The Morgan fingerprint density at radius 1 is 1.21 bits per heavy atom. The van der Waals surface area contributed by atoms with Gasteiger partial charge in [0.25, 0.3) is 5.91 Å². The second-order valence-electron chi connectivity index (χ2n) is 8.72. The van der Waals surface area contributed by atoms with Crippen molar-refractivity contribution in [2.45, 2.75) is 45.3 Å². The molecular formula is C26H33N3O4. The molecule has 3 rings (SSSR count). The van der Waals surface area contributed by atoms with Crippen molar-refractivity contribution in [3.05, 3.63) is 66.3 Å². The number of nitrogens with one attached hydrogen (secondary N) is 1. The molecule has 1 N–H and O–H groups in total. The summed E-state index contributed by atoms with van der Waals surface area (Å²) in [6.07, 6.45) is 4.51. The number of amides is 3. The lowest BCUT2D eigenvalue weighted by molar-refractivity contribution is -0.147. The van der Waals surface area contributed by atoms with E-state index in [1.807, 2.05) is 38.1 Å². The normalized spacial score (nSPS) is 19.2. The molecular weight excluding hydrogens is 418 g/mol. The van der Waals surface area contributed by atoms with E-state index in [9.17, 15) is 14.4 Å². The van der Waals surface area contributed by atoms with Gasteiger partial charge in [0.1, 0.15) is 17.8 Å². The minimum absolute atomic E-state index is 0.111. The summed E-state index contributed by atoms with van der Waals surface area (Å²) in [5.41, 5.74) is 2.20. The molecule has 0 aromatic heterocycles. The van der Waals surface area contributed by atoms with Gasteiger partial charge in [-0.25, -0.2) is 0 Å². The molecule has 7 heteroatoms. The highest BCUT2D eigenvalue weighted by molar-refractivity contribution is 6.03. The molecule has 2 aliphatic heterocycles. The van der Waals surface area contributed by atoms with Gasteiger partial charge in [0.05, 0.1) is 7.11 Å². The number of hydrogen-bond donors (Lipinski definition) is 1. The summed E-state index contributed by atoms with van der Waals surface area (Å²) < 4.78 is 5.16. The Balaban J connectivity index is 1.71. The predicted octanol–water partition coefficient (Wildman–Crippen LogP) is 2.84. The number of benzene rings is 1. The fourth-order valence-corrected chi connectivity index (χ4v) is 4.55. The van der Waals surface area contributed by atoms with Crippen LogP contribution in [0, 0.1) is 5.92 Å². The zero-order valence-electron chi connectivity index (χ0n) is 19.7. The third kappa shape index (κ3) is 5.02. The topological polar surface area (TPSA) is 79.0 Å². The van der Waals surface area contributed by atoms with Gasteiger partial charge in [0.15, 0.2) is 0 Å². The average molecular weight is 452 g/mol. The van der Waals surface area contributed by atoms with E-state index in [-0.39, 0.29) is 23.6 Å². The summed E-state index contributed by atoms with van der Waals surface area (Å²) in [5, 5.41) is 2.95. The molecule has 1 saturated heterocycles. The second-order valence-corrected chi connectivity index (χ2v) is 8.72. The molecule has 1 aromatic rings. The van der Waals surface area contributed by atoms with E-state index in [4.69, 9.17) is 4.74 Å². The lowest BCUT2D eigenvalue weighted by atomic mass is 10.00. The molecule has 0 aliphatic carbocycles. The minimum Gasteiger partial charge on any atom is -0.497 e. The maximum Gasteiger partial charge on any atom is 0.255 e. The lowest BCUT2D eigenvalue weighted by Crippen LogP contribution is -2.55. The molecule has 176 valence electrons. The highest BCUT2D eigenvalue weighted by Gasteiger charge is 2.43. The highest BCUT2D eigenvalue weighted by atomic mass is 16.5. The molecule has 1 aromatic carbocycles. The summed E-state index contributed by atoms with van der Waals surface area (Å²) in [5.74, 6) is 0.0623. The number of hydrogen-bond acceptors (Lipinski definition) is 4. The van der Waals surface area contributed by atoms with Crippen molar-refractivity contribution in [1.29, 1.82) is 0 Å². The van der Waals surface area contributed by atoms with Gasteiger partial charge in [0.2, 0.25) is 11.8 Å². The van der Waals surface area contributed by atoms with Crippen molar-refractivity contribution in [2.24, 2.45) is 5.92 Å². The van der Waals surface area contributed by atoms with Gasteiger partial charge in [-0.1, -0.05) is 51.3 Å². The van der Waals surface area contributed by atoms with Gasteiger partial charge in [-0.3, -0.25) is 14.4 Å². The first-order chi connectivity index (χ1) is 15.8. The monoisotopic (exact) mass is 451 g/mol. The maximum atomic E-state index is 13.6. The van der Waals surface area contributed by atoms with Crippen LogP contribution in [0.3, 0.4) is 0 Å². The molecule has 2 heterocycles. The molecule has 0 saturated carbocycles. The van der Waals surface area contributed by atoms with E-state index in [1.54, 1.807) is 23.0 Å². The van der Waals surface area contributed by atoms with Crippen LogP contribution in [0.5, 0.6) is 5.75 Å². The lowest BCUT2D eigenvalue weighted by Gasteiger charge is -2.35. The Morgan fingerprint density at radius 2 is 1.91 bits per heavy atom. The van der Waals surface area contributed by atoms with E-state index in [2.05, 4.69) is 18.5 Å². The molecule has 2 aliphatic rings. The molecule has 0 radical (unpaired) electrons. The largest absolute Gasteiger partial charge is 0.497 e. The fourth-order valence-electron chi connectivity index (χ4n) is 4.55. The summed E-state index contributed by atoms with van der Waals surface area (Å²) >= 11 is 0. The Bertz CT molecular complexity index is 964. The summed E-state index contributed by atoms with van der Waals surface area (Å²) in [7, 11) is 1.61. The van der Waals surface area contributed by atoms with Gasteiger partial charge in [0, 0.05) is 25.2 Å². The van der Waals surface area contributed by atoms with Crippen molar-refractivity contribution in [3.63, 3.8) is 0 Å². The Kier molecular flexibility index (Phi) is 7.74. The van der Waals surface area contributed by atoms with E-state index < -0.39 is 12.1 Å².